The molecule has 3 rings (SSSR count). The molecule has 1 fully saturated rings. The molecule has 2 aromatic carbocycles. The molecule has 0 amide bonds. The van der Waals surface area contributed by atoms with Crippen LogP contribution in [0.2, 0.25) is 0 Å². The Balaban J connectivity index is 1.76. The minimum Gasteiger partial charge on any atom is -0.481 e. The summed E-state index contributed by atoms with van der Waals surface area (Å²) in [5.74, 6) is -1.96. The van der Waals surface area contributed by atoms with E-state index < -0.39 is 17.6 Å². The molecule has 0 spiro atoms. The van der Waals surface area contributed by atoms with Gasteiger partial charge >= 0.3 is 5.97 Å². The van der Waals surface area contributed by atoms with Crippen LogP contribution in [0.4, 0.5) is 14.5 Å². The molecule has 29 heavy (non-hydrogen) atoms. The Morgan fingerprint density at radius 3 is 2.38 bits per heavy atom. The van der Waals surface area contributed by atoms with E-state index in [1.54, 1.807) is 4.90 Å². The lowest BCUT2D eigenvalue weighted by atomic mass is 9.93. The zero-order chi connectivity index (χ0) is 21.0. The fourth-order valence-electron chi connectivity index (χ4n) is 3.75. The number of carboxylic acid groups (broad SMARTS) is 1. The van der Waals surface area contributed by atoms with Crippen LogP contribution in [0.3, 0.4) is 0 Å². The molecule has 1 saturated heterocycles. The van der Waals surface area contributed by atoms with Gasteiger partial charge in [0.2, 0.25) is 0 Å². The predicted octanol–water partition coefficient (Wildman–Crippen LogP) is 5.25. The van der Waals surface area contributed by atoms with Crippen LogP contribution in [-0.2, 0) is 16.1 Å². The van der Waals surface area contributed by atoms with E-state index >= 15 is 0 Å². The van der Waals surface area contributed by atoms with Crippen molar-refractivity contribution in [3.8, 4) is 11.1 Å². The number of hydrogen-bond donors (Lipinski definition) is 1. The van der Waals surface area contributed by atoms with Crippen molar-refractivity contribution in [2.45, 2.75) is 45.8 Å². The first-order valence-electron chi connectivity index (χ1n) is 10.00. The highest BCUT2D eigenvalue weighted by Gasteiger charge is 2.25. The van der Waals surface area contributed by atoms with Gasteiger partial charge in [0.25, 0.3) is 0 Å². The van der Waals surface area contributed by atoms with E-state index in [1.807, 2.05) is 38.1 Å². The van der Waals surface area contributed by atoms with Crippen molar-refractivity contribution >= 4 is 11.7 Å². The Labute approximate surface area is 170 Å². The van der Waals surface area contributed by atoms with Crippen molar-refractivity contribution in [1.82, 2.24) is 0 Å². The molecule has 0 aromatic heterocycles. The smallest absolute Gasteiger partial charge is 0.303 e. The minimum atomic E-state index is -0.828. The lowest BCUT2D eigenvalue weighted by Gasteiger charge is -2.33. The van der Waals surface area contributed by atoms with Crippen molar-refractivity contribution in [1.29, 1.82) is 0 Å². The Morgan fingerprint density at radius 1 is 1.14 bits per heavy atom. The zero-order valence-corrected chi connectivity index (χ0v) is 16.8. The van der Waals surface area contributed by atoms with Crippen LogP contribution in [0.15, 0.2) is 36.4 Å². The summed E-state index contributed by atoms with van der Waals surface area (Å²) in [5, 5.41) is 8.91. The second-order valence-corrected chi connectivity index (χ2v) is 7.88. The summed E-state index contributed by atoms with van der Waals surface area (Å²) in [4.78, 5) is 12.5. The molecule has 0 bridgehead atoms. The molecule has 0 radical (unpaired) electrons. The maximum Gasteiger partial charge on any atom is 0.303 e. The predicted molar refractivity (Wildman–Crippen MR) is 109 cm³/mol. The second kappa shape index (κ2) is 9.35. The molecular weight excluding hydrogens is 376 g/mol. The highest BCUT2D eigenvalue weighted by atomic mass is 19.1. The number of anilines is 1. The van der Waals surface area contributed by atoms with Gasteiger partial charge in [0, 0.05) is 19.5 Å². The van der Waals surface area contributed by atoms with Crippen LogP contribution < -0.4 is 4.90 Å². The third kappa shape index (κ3) is 5.54. The van der Waals surface area contributed by atoms with Gasteiger partial charge in [-0.05, 0) is 67.5 Å². The molecule has 0 atom stereocenters. The average molecular weight is 403 g/mol. The second-order valence-electron chi connectivity index (χ2n) is 7.88. The van der Waals surface area contributed by atoms with Gasteiger partial charge in [-0.15, -0.1) is 0 Å². The number of halogens is 2. The fraction of sp³-hybridized carbons (Fsp3) is 0.435. The van der Waals surface area contributed by atoms with E-state index in [0.29, 0.717) is 38.1 Å². The zero-order valence-electron chi connectivity index (χ0n) is 16.8. The molecule has 0 unspecified atom stereocenters. The number of hydrogen-bond acceptors (Lipinski definition) is 3. The van der Waals surface area contributed by atoms with Crippen molar-refractivity contribution in [2.75, 3.05) is 18.0 Å². The number of carbonyl (C=O) groups is 1. The Hall–Kier alpha value is -2.47. The largest absolute Gasteiger partial charge is 0.481 e. The number of ether oxygens (including phenoxy) is 1. The van der Waals surface area contributed by atoms with Crippen LogP contribution in [0, 0.1) is 17.6 Å². The monoisotopic (exact) mass is 403 g/mol. The summed E-state index contributed by atoms with van der Waals surface area (Å²) in [6, 6.07) is 10.2. The van der Waals surface area contributed by atoms with Gasteiger partial charge in [0.1, 0.15) is 17.3 Å². The van der Waals surface area contributed by atoms with E-state index in [-0.39, 0.29) is 24.1 Å². The highest BCUT2D eigenvalue weighted by molar-refractivity contribution is 5.68. The number of aliphatic carboxylic acids is 1. The molecule has 156 valence electrons. The van der Waals surface area contributed by atoms with Crippen LogP contribution in [0.25, 0.3) is 11.1 Å². The molecule has 0 saturated carbocycles. The number of nitrogens with zero attached hydrogens (tertiary/aromatic N) is 1. The lowest BCUT2D eigenvalue weighted by Crippen LogP contribution is -2.35. The van der Waals surface area contributed by atoms with E-state index in [4.69, 9.17) is 9.84 Å². The SMILES string of the molecule is CC(C)OCc1cccc(-c2cc(F)c(N3CCC(CC(=O)O)CC3)c(F)c2)c1. The van der Waals surface area contributed by atoms with Gasteiger partial charge in [-0.3, -0.25) is 4.79 Å². The molecule has 6 heteroatoms. The third-order valence-corrected chi connectivity index (χ3v) is 5.25. The van der Waals surface area contributed by atoms with Gasteiger partial charge in [0.05, 0.1) is 12.7 Å². The maximum atomic E-state index is 14.8. The molecule has 4 nitrogen and oxygen atoms in total. The van der Waals surface area contributed by atoms with E-state index in [0.717, 1.165) is 11.1 Å². The topological polar surface area (TPSA) is 49.8 Å². The van der Waals surface area contributed by atoms with Crippen LogP contribution >= 0.6 is 0 Å². The van der Waals surface area contributed by atoms with Crippen LogP contribution in [0.5, 0.6) is 0 Å². The van der Waals surface area contributed by atoms with Crippen molar-refractivity contribution in [3.63, 3.8) is 0 Å². The summed E-state index contributed by atoms with van der Waals surface area (Å²) in [5.41, 5.74) is 2.14. The molecule has 1 aliphatic rings. The Kier molecular flexibility index (Phi) is 6.85. The first kappa shape index (κ1) is 21.2. The fourth-order valence-corrected chi connectivity index (χ4v) is 3.75. The lowest BCUT2D eigenvalue weighted by molar-refractivity contribution is -0.138. The summed E-state index contributed by atoms with van der Waals surface area (Å²) < 4.78 is 35.3. The van der Waals surface area contributed by atoms with Gasteiger partial charge < -0.3 is 14.7 Å². The van der Waals surface area contributed by atoms with E-state index in [1.165, 1.54) is 12.1 Å². The first-order chi connectivity index (χ1) is 13.8. The number of benzene rings is 2. The van der Waals surface area contributed by atoms with E-state index in [9.17, 15) is 13.6 Å². The number of carboxylic acids is 1. The summed E-state index contributed by atoms with van der Waals surface area (Å²) in [7, 11) is 0. The Bertz CT molecular complexity index is 838. The van der Waals surface area contributed by atoms with Gasteiger partial charge in [-0.2, -0.15) is 0 Å². The standard InChI is InChI=1S/C23H27F2NO3/c1-15(2)29-14-17-4-3-5-18(10-17)19-12-20(24)23(21(25)13-19)26-8-6-16(7-9-26)11-22(27)28/h3-5,10,12-13,15-16H,6-9,11,14H2,1-2H3,(H,27,28). The van der Waals surface area contributed by atoms with Gasteiger partial charge in [-0.25, -0.2) is 8.78 Å². The third-order valence-electron chi connectivity index (χ3n) is 5.25. The summed E-state index contributed by atoms with van der Waals surface area (Å²) >= 11 is 0. The molecular formula is C23H27F2NO3. The molecule has 2 aromatic rings. The molecule has 1 heterocycles. The number of rotatable bonds is 7. The van der Waals surface area contributed by atoms with Crippen molar-refractivity contribution < 1.29 is 23.4 Å². The normalized spacial score (nSPS) is 15.1. The maximum absolute atomic E-state index is 14.8. The Morgan fingerprint density at radius 2 is 1.79 bits per heavy atom. The summed E-state index contributed by atoms with van der Waals surface area (Å²) in [6.45, 7) is 5.26. The van der Waals surface area contributed by atoms with Crippen LogP contribution in [0.1, 0.15) is 38.7 Å². The number of piperidine rings is 1. The molecule has 0 aliphatic carbocycles. The average Bonchev–Trinajstić information content (AvgIpc) is 2.67. The quantitative estimate of drug-likeness (QED) is 0.686. The van der Waals surface area contributed by atoms with Gasteiger partial charge in [-0.1, -0.05) is 18.2 Å². The first-order valence-corrected chi connectivity index (χ1v) is 10.00. The molecule has 1 aliphatic heterocycles. The summed E-state index contributed by atoms with van der Waals surface area (Å²) in [6.07, 6.45) is 1.44. The minimum absolute atomic E-state index is 0.0261. The van der Waals surface area contributed by atoms with Crippen LogP contribution in [-0.4, -0.2) is 30.3 Å². The van der Waals surface area contributed by atoms with Crippen molar-refractivity contribution in [3.05, 3.63) is 53.6 Å². The molecule has 1 N–H and O–H groups in total. The van der Waals surface area contributed by atoms with E-state index in [2.05, 4.69) is 0 Å². The van der Waals surface area contributed by atoms with Crippen molar-refractivity contribution in [2.24, 2.45) is 5.92 Å². The highest BCUT2D eigenvalue weighted by Crippen LogP contribution is 2.33. The van der Waals surface area contributed by atoms with Gasteiger partial charge in [0.15, 0.2) is 0 Å².